The molecule has 0 aromatic heterocycles. The maximum atomic E-state index is 13.0. The second-order valence-electron chi connectivity index (χ2n) is 11.2. The SMILES string of the molecule is Cc1cc(-c2cccc(S(C)(=O)=O)c2)c(Cl)cc1C1=C(O)C2(CCN(C(=O)OCC(C)(C)C)CC2)OC1=O. The molecule has 2 aromatic carbocycles. The second kappa shape index (κ2) is 9.93. The third-order valence-corrected chi connectivity index (χ3v) is 8.20. The van der Waals surface area contributed by atoms with Crippen LogP contribution in [-0.4, -0.2) is 62.0 Å². The van der Waals surface area contributed by atoms with E-state index in [9.17, 15) is 23.1 Å². The topological polar surface area (TPSA) is 110 Å². The fourth-order valence-electron chi connectivity index (χ4n) is 4.66. The molecule has 1 amide bonds. The number of amides is 1. The van der Waals surface area contributed by atoms with Crippen LogP contribution in [0.15, 0.2) is 47.1 Å². The van der Waals surface area contributed by atoms with E-state index in [1.165, 1.54) is 6.07 Å². The normalized spacial score (nSPS) is 17.6. The molecule has 38 heavy (non-hydrogen) atoms. The number of aryl methyl sites for hydroxylation is 1. The van der Waals surface area contributed by atoms with Crippen LogP contribution in [0.1, 0.15) is 44.7 Å². The van der Waals surface area contributed by atoms with E-state index in [0.29, 0.717) is 27.3 Å². The standard InChI is InChI=1S/C28H32ClNO7S/c1-17-13-21(18-7-6-8-19(14-18)38(5,34)35)22(29)15-20(17)23-24(31)28(37-25(23)32)9-11-30(12-10-28)26(33)36-16-27(2,3)4/h6-8,13-15,31H,9-12,16H2,1-5H3. The van der Waals surface area contributed by atoms with Gasteiger partial charge in [-0.15, -0.1) is 0 Å². The molecule has 2 heterocycles. The van der Waals surface area contributed by atoms with Crippen LogP contribution in [0.3, 0.4) is 0 Å². The Balaban J connectivity index is 1.60. The fraction of sp³-hybridized carbons (Fsp3) is 0.429. The highest BCUT2D eigenvalue weighted by molar-refractivity contribution is 7.90. The van der Waals surface area contributed by atoms with Crippen LogP contribution in [0.4, 0.5) is 4.79 Å². The van der Waals surface area contributed by atoms with Gasteiger partial charge >= 0.3 is 12.1 Å². The quantitative estimate of drug-likeness (QED) is 0.486. The van der Waals surface area contributed by atoms with Crippen molar-refractivity contribution in [1.29, 1.82) is 0 Å². The number of aliphatic hydroxyl groups is 1. The Bertz CT molecular complexity index is 1430. The summed E-state index contributed by atoms with van der Waals surface area (Å²) in [5, 5.41) is 11.5. The van der Waals surface area contributed by atoms with Gasteiger partial charge < -0.3 is 19.5 Å². The number of nitrogens with zero attached hydrogens (tertiary/aromatic N) is 1. The van der Waals surface area contributed by atoms with Crippen molar-refractivity contribution >= 4 is 39.1 Å². The highest BCUT2D eigenvalue weighted by atomic mass is 35.5. The number of hydrogen-bond acceptors (Lipinski definition) is 7. The minimum Gasteiger partial charge on any atom is -0.507 e. The van der Waals surface area contributed by atoms with Gasteiger partial charge in [0, 0.05) is 42.8 Å². The van der Waals surface area contributed by atoms with E-state index >= 15 is 0 Å². The minimum absolute atomic E-state index is 0.0459. The van der Waals surface area contributed by atoms with Crippen molar-refractivity contribution < 1.29 is 32.6 Å². The minimum atomic E-state index is -3.40. The van der Waals surface area contributed by atoms with E-state index in [0.717, 1.165) is 6.26 Å². The molecule has 1 saturated heterocycles. The smallest absolute Gasteiger partial charge is 0.409 e. The van der Waals surface area contributed by atoms with Crippen molar-refractivity contribution in [2.45, 2.75) is 51.0 Å². The Morgan fingerprint density at radius 3 is 2.42 bits per heavy atom. The number of esters is 1. The molecular formula is C28H32ClNO7S. The lowest BCUT2D eigenvalue weighted by atomic mass is 9.87. The number of carbonyl (C=O) groups excluding carboxylic acids is 2. The van der Waals surface area contributed by atoms with Gasteiger partial charge in [-0.3, -0.25) is 0 Å². The Kier molecular flexibility index (Phi) is 7.31. The zero-order chi connectivity index (χ0) is 28.0. The summed E-state index contributed by atoms with van der Waals surface area (Å²) in [5.74, 6) is -0.826. The first-order valence-corrected chi connectivity index (χ1v) is 14.6. The number of ether oxygens (including phenoxy) is 2. The number of piperidine rings is 1. The zero-order valence-corrected chi connectivity index (χ0v) is 23.7. The largest absolute Gasteiger partial charge is 0.507 e. The van der Waals surface area contributed by atoms with Crippen molar-refractivity contribution in [2.24, 2.45) is 5.41 Å². The summed E-state index contributed by atoms with van der Waals surface area (Å²) in [4.78, 5) is 27.2. The van der Waals surface area contributed by atoms with Crippen LogP contribution in [0.25, 0.3) is 16.7 Å². The molecule has 2 aromatic rings. The van der Waals surface area contributed by atoms with Gasteiger partial charge in [-0.1, -0.05) is 44.5 Å². The van der Waals surface area contributed by atoms with Crippen molar-refractivity contribution in [3.05, 3.63) is 58.3 Å². The summed E-state index contributed by atoms with van der Waals surface area (Å²) >= 11 is 6.61. The Morgan fingerprint density at radius 2 is 1.82 bits per heavy atom. The third-order valence-electron chi connectivity index (χ3n) is 6.78. The van der Waals surface area contributed by atoms with Gasteiger partial charge in [-0.05, 0) is 53.3 Å². The van der Waals surface area contributed by atoms with Gasteiger partial charge in [-0.25, -0.2) is 18.0 Å². The maximum absolute atomic E-state index is 13.0. The lowest BCUT2D eigenvalue weighted by Crippen LogP contribution is -2.48. The third kappa shape index (κ3) is 5.54. The molecule has 0 unspecified atom stereocenters. The highest BCUT2D eigenvalue weighted by Gasteiger charge is 2.51. The molecule has 1 spiro atoms. The van der Waals surface area contributed by atoms with Crippen LogP contribution >= 0.6 is 11.6 Å². The van der Waals surface area contributed by atoms with Crippen molar-refractivity contribution in [3.8, 4) is 11.1 Å². The predicted molar refractivity (Wildman–Crippen MR) is 145 cm³/mol. The van der Waals surface area contributed by atoms with Crippen LogP contribution in [0.2, 0.25) is 5.02 Å². The summed E-state index contributed by atoms with van der Waals surface area (Å²) in [6.07, 6.45) is 1.18. The molecule has 2 aliphatic rings. The summed E-state index contributed by atoms with van der Waals surface area (Å²) < 4.78 is 35.1. The van der Waals surface area contributed by atoms with Crippen LogP contribution in [0, 0.1) is 12.3 Å². The van der Waals surface area contributed by atoms with Crippen molar-refractivity contribution in [1.82, 2.24) is 4.90 Å². The molecule has 4 rings (SSSR count). The summed E-state index contributed by atoms with van der Waals surface area (Å²) in [6.45, 7) is 8.52. The summed E-state index contributed by atoms with van der Waals surface area (Å²) in [5.41, 5.74) is 0.981. The van der Waals surface area contributed by atoms with Crippen molar-refractivity contribution in [2.75, 3.05) is 26.0 Å². The van der Waals surface area contributed by atoms with Gasteiger partial charge in [0.2, 0.25) is 0 Å². The number of rotatable bonds is 4. The van der Waals surface area contributed by atoms with Crippen LogP contribution in [-0.2, 0) is 24.1 Å². The number of halogens is 1. The maximum Gasteiger partial charge on any atom is 0.409 e. The van der Waals surface area contributed by atoms with Gasteiger partial charge in [0.15, 0.2) is 21.2 Å². The number of benzene rings is 2. The lowest BCUT2D eigenvalue weighted by Gasteiger charge is -2.37. The van der Waals surface area contributed by atoms with E-state index in [1.54, 1.807) is 42.2 Å². The molecule has 1 fully saturated rings. The lowest BCUT2D eigenvalue weighted by molar-refractivity contribution is -0.150. The second-order valence-corrected chi connectivity index (χ2v) is 13.6. The number of hydrogen-bond donors (Lipinski definition) is 1. The number of sulfone groups is 1. The van der Waals surface area contributed by atoms with Gasteiger partial charge in [0.1, 0.15) is 5.57 Å². The molecule has 204 valence electrons. The molecule has 8 nitrogen and oxygen atoms in total. The summed E-state index contributed by atoms with van der Waals surface area (Å²) in [7, 11) is -3.40. The van der Waals surface area contributed by atoms with E-state index in [2.05, 4.69) is 0 Å². The highest BCUT2D eigenvalue weighted by Crippen LogP contribution is 2.45. The first-order valence-electron chi connectivity index (χ1n) is 12.3. The molecule has 0 saturated carbocycles. The molecule has 0 radical (unpaired) electrons. The molecule has 2 aliphatic heterocycles. The van der Waals surface area contributed by atoms with Crippen LogP contribution in [0.5, 0.6) is 0 Å². The van der Waals surface area contributed by atoms with Gasteiger partial charge in [0.25, 0.3) is 0 Å². The van der Waals surface area contributed by atoms with E-state index in [-0.39, 0.29) is 54.2 Å². The number of likely N-dealkylation sites (tertiary alicyclic amines) is 1. The molecule has 1 N–H and O–H groups in total. The summed E-state index contributed by atoms with van der Waals surface area (Å²) in [6, 6.07) is 9.80. The van der Waals surface area contributed by atoms with Crippen molar-refractivity contribution in [3.63, 3.8) is 0 Å². The van der Waals surface area contributed by atoms with Gasteiger partial charge in [0.05, 0.1) is 11.5 Å². The first kappa shape index (κ1) is 28.0. The Hall–Kier alpha value is -3.04. The molecule has 0 aliphatic carbocycles. The van der Waals surface area contributed by atoms with Crippen LogP contribution < -0.4 is 0 Å². The monoisotopic (exact) mass is 561 g/mol. The number of aliphatic hydroxyl groups excluding tert-OH is 1. The molecule has 0 bridgehead atoms. The van der Waals surface area contributed by atoms with E-state index in [4.69, 9.17) is 21.1 Å². The number of carbonyl (C=O) groups is 2. The fourth-order valence-corrected chi connectivity index (χ4v) is 5.60. The molecule has 0 atom stereocenters. The average Bonchev–Trinajstić information content (AvgIpc) is 3.07. The van der Waals surface area contributed by atoms with E-state index < -0.39 is 27.5 Å². The molecular weight excluding hydrogens is 530 g/mol. The van der Waals surface area contributed by atoms with Gasteiger partial charge in [-0.2, -0.15) is 0 Å². The van der Waals surface area contributed by atoms with E-state index in [1.807, 2.05) is 20.8 Å². The Labute approximate surface area is 228 Å². The predicted octanol–water partition coefficient (Wildman–Crippen LogP) is 5.56. The zero-order valence-electron chi connectivity index (χ0n) is 22.1. The average molecular weight is 562 g/mol. The first-order chi connectivity index (χ1) is 17.6. The Morgan fingerprint density at radius 1 is 1.16 bits per heavy atom. The molecule has 10 heteroatoms.